The van der Waals surface area contributed by atoms with Gasteiger partial charge in [-0.05, 0) is 37.0 Å². The van der Waals surface area contributed by atoms with Crippen molar-refractivity contribution in [1.82, 2.24) is 4.72 Å². The summed E-state index contributed by atoms with van der Waals surface area (Å²) < 4.78 is 40.4. The van der Waals surface area contributed by atoms with E-state index >= 15 is 0 Å². The molecule has 106 valence electrons. The first-order valence-electron chi connectivity index (χ1n) is 6.03. The normalized spacial score (nSPS) is 23.7. The van der Waals surface area contributed by atoms with E-state index in [1.54, 1.807) is 0 Å². The van der Waals surface area contributed by atoms with Crippen LogP contribution in [0.2, 0.25) is 0 Å². The Bertz CT molecular complexity index is 564. The summed E-state index contributed by atoms with van der Waals surface area (Å²) in [5.74, 6) is -0.887. The predicted octanol–water partition coefficient (Wildman–Crippen LogP) is 2.03. The highest BCUT2D eigenvalue weighted by Gasteiger charge is 2.27. The number of aliphatic hydroxyl groups excluding tert-OH is 1. The van der Waals surface area contributed by atoms with Crippen molar-refractivity contribution in [2.45, 2.75) is 30.3 Å². The monoisotopic (exact) mass is 351 g/mol. The fraction of sp³-hybridized carbons (Fsp3) is 0.500. The van der Waals surface area contributed by atoms with Gasteiger partial charge in [-0.3, -0.25) is 0 Å². The third-order valence-corrected chi connectivity index (χ3v) is 5.29. The average Bonchev–Trinajstić information content (AvgIpc) is 2.72. The molecule has 19 heavy (non-hydrogen) atoms. The minimum atomic E-state index is -3.88. The third kappa shape index (κ3) is 3.53. The Kier molecular flexibility index (Phi) is 4.60. The zero-order chi connectivity index (χ0) is 14.0. The summed E-state index contributed by atoms with van der Waals surface area (Å²) in [6.45, 7) is 0.138. The summed E-state index contributed by atoms with van der Waals surface area (Å²) in [4.78, 5) is -0.372. The van der Waals surface area contributed by atoms with Crippen molar-refractivity contribution < 1.29 is 17.9 Å². The van der Waals surface area contributed by atoms with E-state index < -0.39 is 21.9 Å². The second kappa shape index (κ2) is 5.87. The van der Waals surface area contributed by atoms with Crippen LogP contribution in [-0.4, -0.2) is 26.2 Å². The molecule has 1 aliphatic carbocycles. The molecular weight excluding hydrogens is 337 g/mol. The fourth-order valence-electron chi connectivity index (χ4n) is 2.24. The van der Waals surface area contributed by atoms with E-state index in [0.29, 0.717) is 10.9 Å². The third-order valence-electron chi connectivity index (χ3n) is 3.34. The molecule has 1 aromatic carbocycles. The fourth-order valence-corrected chi connectivity index (χ4v) is 3.73. The molecule has 1 aliphatic rings. The minimum Gasteiger partial charge on any atom is -0.393 e. The van der Waals surface area contributed by atoms with Crippen molar-refractivity contribution >= 4 is 26.0 Å². The van der Waals surface area contributed by atoms with Gasteiger partial charge in [-0.15, -0.1) is 0 Å². The van der Waals surface area contributed by atoms with Crippen LogP contribution < -0.4 is 4.72 Å². The van der Waals surface area contributed by atoms with Gasteiger partial charge in [-0.25, -0.2) is 17.5 Å². The summed E-state index contributed by atoms with van der Waals surface area (Å²) in [7, 11) is -3.88. The number of rotatable bonds is 4. The average molecular weight is 352 g/mol. The molecule has 0 bridgehead atoms. The van der Waals surface area contributed by atoms with Crippen LogP contribution in [0.4, 0.5) is 4.39 Å². The molecular formula is C12H15BrFNO3S. The van der Waals surface area contributed by atoms with Gasteiger partial charge in [0.25, 0.3) is 0 Å². The van der Waals surface area contributed by atoms with E-state index in [4.69, 9.17) is 0 Å². The van der Waals surface area contributed by atoms with Crippen molar-refractivity contribution in [2.24, 2.45) is 5.92 Å². The van der Waals surface area contributed by atoms with E-state index in [9.17, 15) is 17.9 Å². The predicted molar refractivity (Wildman–Crippen MR) is 72.6 cm³/mol. The molecule has 0 spiro atoms. The highest BCUT2D eigenvalue weighted by molar-refractivity contribution is 9.10. The molecule has 0 saturated heterocycles. The minimum absolute atomic E-state index is 0.0896. The van der Waals surface area contributed by atoms with Crippen molar-refractivity contribution in [3.63, 3.8) is 0 Å². The Balaban J connectivity index is 2.09. The van der Waals surface area contributed by atoms with E-state index in [2.05, 4.69) is 20.7 Å². The van der Waals surface area contributed by atoms with E-state index in [1.807, 2.05) is 0 Å². The lowest BCUT2D eigenvalue weighted by Gasteiger charge is -2.15. The molecule has 0 radical (unpaired) electrons. The molecule has 0 aromatic heterocycles. The first-order valence-corrected chi connectivity index (χ1v) is 8.30. The summed E-state index contributed by atoms with van der Waals surface area (Å²) in [6.07, 6.45) is 1.89. The quantitative estimate of drug-likeness (QED) is 0.872. The van der Waals surface area contributed by atoms with Crippen molar-refractivity contribution in [1.29, 1.82) is 0 Å². The maximum absolute atomic E-state index is 13.6. The van der Waals surface area contributed by atoms with Gasteiger partial charge in [0.1, 0.15) is 10.7 Å². The lowest BCUT2D eigenvalue weighted by atomic mass is 10.1. The lowest BCUT2D eigenvalue weighted by molar-refractivity contribution is 0.134. The van der Waals surface area contributed by atoms with Crippen LogP contribution in [0.5, 0.6) is 0 Å². The molecule has 2 N–H and O–H groups in total. The first-order chi connectivity index (χ1) is 8.90. The number of hydrogen-bond donors (Lipinski definition) is 2. The molecule has 1 aromatic rings. The second-order valence-corrected chi connectivity index (χ2v) is 7.34. The van der Waals surface area contributed by atoms with Gasteiger partial charge in [0, 0.05) is 11.0 Å². The van der Waals surface area contributed by atoms with Gasteiger partial charge in [0.15, 0.2) is 0 Å². The van der Waals surface area contributed by atoms with Crippen molar-refractivity contribution in [3.8, 4) is 0 Å². The number of aliphatic hydroxyl groups is 1. The van der Waals surface area contributed by atoms with Gasteiger partial charge in [-0.1, -0.05) is 22.4 Å². The smallest absolute Gasteiger partial charge is 0.243 e. The standard InChI is InChI=1S/C12H15BrFNO3S/c13-9-4-5-12(10(14)6-9)19(17,18)15-7-8-2-1-3-11(8)16/h4-6,8,11,15-16H,1-3,7H2. The maximum Gasteiger partial charge on any atom is 0.243 e. The Morgan fingerprint density at radius 2 is 2.16 bits per heavy atom. The van der Waals surface area contributed by atoms with Gasteiger partial charge < -0.3 is 5.11 Å². The lowest BCUT2D eigenvalue weighted by Crippen LogP contribution is -2.32. The summed E-state index contributed by atoms with van der Waals surface area (Å²) in [5.41, 5.74) is 0. The molecule has 1 saturated carbocycles. The molecule has 2 unspecified atom stereocenters. The number of halogens is 2. The van der Waals surface area contributed by atoms with Crippen LogP contribution in [0, 0.1) is 11.7 Å². The highest BCUT2D eigenvalue weighted by atomic mass is 79.9. The zero-order valence-corrected chi connectivity index (χ0v) is 12.5. The highest BCUT2D eigenvalue weighted by Crippen LogP contribution is 2.25. The molecule has 0 amide bonds. The molecule has 0 aliphatic heterocycles. The van der Waals surface area contributed by atoms with Crippen LogP contribution >= 0.6 is 15.9 Å². The van der Waals surface area contributed by atoms with E-state index in [1.165, 1.54) is 12.1 Å². The maximum atomic E-state index is 13.6. The number of benzene rings is 1. The van der Waals surface area contributed by atoms with Gasteiger partial charge >= 0.3 is 0 Å². The second-order valence-electron chi connectivity index (χ2n) is 4.68. The summed E-state index contributed by atoms with van der Waals surface area (Å²) >= 11 is 3.08. The van der Waals surface area contributed by atoms with Crippen LogP contribution in [0.3, 0.4) is 0 Å². The zero-order valence-electron chi connectivity index (χ0n) is 10.1. The largest absolute Gasteiger partial charge is 0.393 e. The van der Waals surface area contributed by atoms with Gasteiger partial charge in [-0.2, -0.15) is 0 Å². The topological polar surface area (TPSA) is 66.4 Å². The van der Waals surface area contributed by atoms with E-state index in [0.717, 1.165) is 18.9 Å². The number of hydrogen-bond acceptors (Lipinski definition) is 3. The molecule has 7 heteroatoms. The van der Waals surface area contributed by atoms with Crippen LogP contribution in [-0.2, 0) is 10.0 Å². The summed E-state index contributed by atoms with van der Waals surface area (Å²) in [5, 5.41) is 9.63. The molecule has 2 rings (SSSR count). The van der Waals surface area contributed by atoms with Crippen molar-refractivity contribution in [2.75, 3.05) is 6.54 Å². The van der Waals surface area contributed by atoms with Crippen molar-refractivity contribution in [3.05, 3.63) is 28.5 Å². The number of sulfonamides is 1. The Morgan fingerprint density at radius 1 is 1.42 bits per heavy atom. The Labute approximate surface area is 120 Å². The van der Waals surface area contributed by atoms with Gasteiger partial charge in [0.2, 0.25) is 10.0 Å². The first kappa shape index (κ1) is 14.9. The Morgan fingerprint density at radius 3 is 2.74 bits per heavy atom. The molecule has 2 atom stereocenters. The molecule has 0 heterocycles. The SMILES string of the molecule is O=S(=O)(NCC1CCCC1O)c1ccc(Br)cc1F. The molecule has 4 nitrogen and oxygen atoms in total. The van der Waals surface area contributed by atoms with E-state index in [-0.39, 0.29) is 17.4 Å². The van der Waals surface area contributed by atoms with Crippen LogP contribution in [0.1, 0.15) is 19.3 Å². The Hall–Kier alpha value is -0.500. The van der Waals surface area contributed by atoms with Crippen LogP contribution in [0.25, 0.3) is 0 Å². The van der Waals surface area contributed by atoms with Gasteiger partial charge in [0.05, 0.1) is 6.10 Å². The number of nitrogens with one attached hydrogen (secondary N) is 1. The van der Waals surface area contributed by atoms with Crippen LogP contribution in [0.15, 0.2) is 27.6 Å². The molecule has 1 fully saturated rings. The summed E-state index contributed by atoms with van der Waals surface area (Å²) in [6, 6.07) is 3.80.